The van der Waals surface area contributed by atoms with Crippen LogP contribution in [0.3, 0.4) is 0 Å². The van der Waals surface area contributed by atoms with Crippen LogP contribution in [0.5, 0.6) is 5.75 Å². The molecule has 18 heavy (non-hydrogen) atoms. The normalized spacial score (nSPS) is 10.4. The van der Waals surface area contributed by atoms with Crippen molar-refractivity contribution >= 4 is 17.0 Å². The Morgan fingerprint density at radius 1 is 1.28 bits per heavy atom. The summed E-state index contributed by atoms with van der Waals surface area (Å²) in [7, 11) is 1.68. The number of aromatic nitrogens is 1. The van der Waals surface area contributed by atoms with E-state index in [0.29, 0.717) is 0 Å². The summed E-state index contributed by atoms with van der Waals surface area (Å²) in [5, 5.41) is 4.54. The van der Waals surface area contributed by atoms with Crippen molar-refractivity contribution < 1.29 is 4.74 Å². The van der Waals surface area contributed by atoms with Gasteiger partial charge in [-0.15, -0.1) is 11.3 Å². The van der Waals surface area contributed by atoms with Crippen molar-refractivity contribution in [2.24, 2.45) is 0 Å². The van der Waals surface area contributed by atoms with Crippen molar-refractivity contribution in [3.05, 3.63) is 39.3 Å². The first-order valence-electron chi connectivity index (χ1n) is 5.91. The largest absolute Gasteiger partial charge is 0.497 e. The van der Waals surface area contributed by atoms with Gasteiger partial charge in [0.05, 0.1) is 19.3 Å². The third-order valence-corrected chi connectivity index (χ3v) is 4.01. The van der Waals surface area contributed by atoms with Crippen molar-refractivity contribution in [3.63, 3.8) is 0 Å². The summed E-state index contributed by atoms with van der Waals surface area (Å²) in [6, 6.07) is 6.04. The van der Waals surface area contributed by atoms with E-state index in [1.807, 2.05) is 25.1 Å². The molecule has 0 saturated carbocycles. The third-order valence-electron chi connectivity index (χ3n) is 2.94. The molecule has 1 aromatic carbocycles. The SMILES string of the molecule is COc1ccc(NCc2nc(C)c(C)s2)c(C)c1. The number of hydrogen-bond donors (Lipinski definition) is 1. The molecule has 0 amide bonds. The minimum atomic E-state index is 0.770. The second-order valence-corrected chi connectivity index (χ2v) is 5.57. The maximum atomic E-state index is 5.19. The van der Waals surface area contributed by atoms with Gasteiger partial charge in [-0.1, -0.05) is 0 Å². The van der Waals surface area contributed by atoms with Gasteiger partial charge in [-0.3, -0.25) is 0 Å². The summed E-state index contributed by atoms with van der Waals surface area (Å²) < 4.78 is 5.19. The van der Waals surface area contributed by atoms with Gasteiger partial charge in [-0.25, -0.2) is 4.98 Å². The third kappa shape index (κ3) is 2.82. The minimum absolute atomic E-state index is 0.770. The van der Waals surface area contributed by atoms with Crippen molar-refractivity contribution in [1.29, 1.82) is 0 Å². The molecular weight excluding hydrogens is 244 g/mol. The lowest BCUT2D eigenvalue weighted by Crippen LogP contribution is -2.00. The zero-order chi connectivity index (χ0) is 13.1. The Hall–Kier alpha value is -1.55. The van der Waals surface area contributed by atoms with Crippen molar-refractivity contribution in [3.8, 4) is 5.75 Å². The van der Waals surface area contributed by atoms with E-state index in [-0.39, 0.29) is 0 Å². The Morgan fingerprint density at radius 3 is 2.61 bits per heavy atom. The standard InChI is InChI=1S/C14H18N2OS/c1-9-7-12(17-4)5-6-13(9)15-8-14-16-10(2)11(3)18-14/h5-7,15H,8H2,1-4H3. The highest BCUT2D eigenvalue weighted by Crippen LogP contribution is 2.23. The smallest absolute Gasteiger partial charge is 0.119 e. The first kappa shape index (κ1) is 12.9. The van der Waals surface area contributed by atoms with Crippen LogP contribution in [-0.2, 0) is 6.54 Å². The number of methoxy groups -OCH3 is 1. The molecule has 0 atom stereocenters. The predicted octanol–water partition coefficient (Wildman–Crippen LogP) is 3.69. The molecule has 0 aliphatic rings. The molecule has 1 N–H and O–H groups in total. The quantitative estimate of drug-likeness (QED) is 0.912. The van der Waals surface area contributed by atoms with Crippen LogP contribution in [-0.4, -0.2) is 12.1 Å². The van der Waals surface area contributed by atoms with Crippen LogP contribution in [0, 0.1) is 20.8 Å². The Bertz CT molecular complexity index is 529. The lowest BCUT2D eigenvalue weighted by Gasteiger charge is -2.09. The van der Waals surface area contributed by atoms with Crippen LogP contribution in [0.25, 0.3) is 0 Å². The van der Waals surface area contributed by atoms with Crippen LogP contribution >= 0.6 is 11.3 Å². The average Bonchev–Trinajstić information content (AvgIpc) is 2.67. The number of anilines is 1. The summed E-state index contributed by atoms with van der Waals surface area (Å²) >= 11 is 1.75. The number of nitrogens with zero attached hydrogens (tertiary/aromatic N) is 1. The summed E-state index contributed by atoms with van der Waals surface area (Å²) in [5.41, 5.74) is 3.43. The van der Waals surface area contributed by atoms with E-state index in [2.05, 4.69) is 24.1 Å². The highest BCUT2D eigenvalue weighted by atomic mass is 32.1. The highest BCUT2D eigenvalue weighted by Gasteiger charge is 2.05. The fourth-order valence-electron chi connectivity index (χ4n) is 1.75. The Balaban J connectivity index is 2.06. The number of aryl methyl sites for hydroxylation is 3. The molecule has 0 unspecified atom stereocenters. The molecule has 0 saturated heterocycles. The molecule has 0 radical (unpaired) electrons. The zero-order valence-electron chi connectivity index (χ0n) is 11.2. The van der Waals surface area contributed by atoms with Crippen molar-refractivity contribution in [2.45, 2.75) is 27.3 Å². The number of rotatable bonds is 4. The van der Waals surface area contributed by atoms with Gasteiger partial charge >= 0.3 is 0 Å². The van der Waals surface area contributed by atoms with Crippen molar-refractivity contribution in [1.82, 2.24) is 4.98 Å². The topological polar surface area (TPSA) is 34.1 Å². The predicted molar refractivity (Wildman–Crippen MR) is 76.6 cm³/mol. The van der Waals surface area contributed by atoms with E-state index in [1.54, 1.807) is 18.4 Å². The minimum Gasteiger partial charge on any atom is -0.497 e. The van der Waals surface area contributed by atoms with E-state index in [9.17, 15) is 0 Å². The summed E-state index contributed by atoms with van der Waals surface area (Å²) in [4.78, 5) is 5.81. The molecule has 4 heteroatoms. The van der Waals surface area contributed by atoms with E-state index in [1.165, 1.54) is 10.4 Å². The number of hydrogen-bond acceptors (Lipinski definition) is 4. The Labute approximate surface area is 112 Å². The molecule has 0 fully saturated rings. The summed E-state index contributed by atoms with van der Waals surface area (Å²) in [5.74, 6) is 0.888. The van der Waals surface area contributed by atoms with Gasteiger partial charge in [0.2, 0.25) is 0 Å². The van der Waals surface area contributed by atoms with Crippen LogP contribution in [0.1, 0.15) is 21.1 Å². The number of thiazole rings is 1. The van der Waals surface area contributed by atoms with Gasteiger partial charge in [-0.05, 0) is 44.5 Å². The summed E-state index contributed by atoms with van der Waals surface area (Å²) in [6.45, 7) is 7.00. The van der Waals surface area contributed by atoms with Gasteiger partial charge in [0, 0.05) is 10.6 Å². The van der Waals surface area contributed by atoms with Crippen LogP contribution in [0.4, 0.5) is 5.69 Å². The Morgan fingerprint density at radius 2 is 2.06 bits per heavy atom. The fraction of sp³-hybridized carbons (Fsp3) is 0.357. The lowest BCUT2D eigenvalue weighted by atomic mass is 10.2. The monoisotopic (exact) mass is 262 g/mol. The molecule has 3 nitrogen and oxygen atoms in total. The molecule has 0 aliphatic heterocycles. The van der Waals surface area contributed by atoms with E-state index >= 15 is 0 Å². The number of ether oxygens (including phenoxy) is 1. The number of benzene rings is 1. The summed E-state index contributed by atoms with van der Waals surface area (Å²) in [6.07, 6.45) is 0. The molecule has 0 bridgehead atoms. The fourth-order valence-corrected chi connectivity index (χ4v) is 2.62. The average molecular weight is 262 g/mol. The highest BCUT2D eigenvalue weighted by molar-refractivity contribution is 7.11. The number of nitrogens with one attached hydrogen (secondary N) is 1. The first-order chi connectivity index (χ1) is 8.60. The lowest BCUT2D eigenvalue weighted by molar-refractivity contribution is 0.414. The maximum Gasteiger partial charge on any atom is 0.119 e. The van der Waals surface area contributed by atoms with Crippen molar-refractivity contribution in [2.75, 3.05) is 12.4 Å². The zero-order valence-corrected chi connectivity index (χ0v) is 12.0. The first-order valence-corrected chi connectivity index (χ1v) is 6.73. The van der Waals surface area contributed by atoms with E-state index in [4.69, 9.17) is 4.74 Å². The molecule has 1 aromatic heterocycles. The molecule has 96 valence electrons. The Kier molecular flexibility index (Phi) is 3.87. The van der Waals surface area contributed by atoms with Gasteiger partial charge in [0.1, 0.15) is 10.8 Å². The van der Waals surface area contributed by atoms with Gasteiger partial charge < -0.3 is 10.1 Å². The van der Waals surface area contributed by atoms with Crippen LogP contribution in [0.15, 0.2) is 18.2 Å². The molecule has 1 heterocycles. The van der Waals surface area contributed by atoms with E-state index in [0.717, 1.165) is 28.7 Å². The maximum absolute atomic E-state index is 5.19. The molecule has 2 aromatic rings. The van der Waals surface area contributed by atoms with Gasteiger partial charge in [0.25, 0.3) is 0 Å². The molecule has 0 aliphatic carbocycles. The van der Waals surface area contributed by atoms with E-state index < -0.39 is 0 Å². The second-order valence-electron chi connectivity index (χ2n) is 4.28. The van der Waals surface area contributed by atoms with Gasteiger partial charge in [0.15, 0.2) is 0 Å². The van der Waals surface area contributed by atoms with Gasteiger partial charge in [-0.2, -0.15) is 0 Å². The molecule has 0 spiro atoms. The van der Waals surface area contributed by atoms with Crippen LogP contribution in [0.2, 0.25) is 0 Å². The molecular formula is C14H18N2OS. The molecule has 2 rings (SSSR count). The van der Waals surface area contributed by atoms with Crippen LogP contribution < -0.4 is 10.1 Å². The second kappa shape index (κ2) is 5.40.